The van der Waals surface area contributed by atoms with Gasteiger partial charge in [0.2, 0.25) is 11.8 Å². The van der Waals surface area contributed by atoms with Crippen LogP contribution in [0, 0.1) is 0 Å². The van der Waals surface area contributed by atoms with Crippen LogP contribution in [0.25, 0.3) is 0 Å². The summed E-state index contributed by atoms with van der Waals surface area (Å²) in [5.74, 6) is 0.859. The number of nitrogens with zero attached hydrogens (tertiary/aromatic N) is 2. The molecule has 0 spiro atoms. The summed E-state index contributed by atoms with van der Waals surface area (Å²) in [5, 5.41) is 3.43. The first-order chi connectivity index (χ1) is 8.69. The Bertz CT molecular complexity index is 422. The Morgan fingerprint density at radius 2 is 2.39 bits per heavy atom. The molecule has 5 nitrogen and oxygen atoms in total. The molecule has 1 aliphatic heterocycles. The van der Waals surface area contributed by atoms with Gasteiger partial charge in [0.15, 0.2) is 0 Å². The molecule has 1 saturated heterocycles. The van der Waals surface area contributed by atoms with Crippen molar-refractivity contribution in [1.82, 2.24) is 15.2 Å². The molecule has 0 bridgehead atoms. The van der Waals surface area contributed by atoms with Crippen LogP contribution in [0.5, 0.6) is 5.88 Å². The fraction of sp³-hybridized carbons (Fsp3) is 0.538. The normalized spacial score (nSPS) is 20.0. The number of aromatic nitrogens is 1. The van der Waals surface area contributed by atoms with E-state index in [0.29, 0.717) is 24.9 Å². The monoisotopic (exact) mass is 249 g/mol. The van der Waals surface area contributed by atoms with Crippen molar-refractivity contribution < 1.29 is 9.53 Å². The zero-order valence-corrected chi connectivity index (χ0v) is 10.8. The van der Waals surface area contributed by atoms with Gasteiger partial charge in [-0.15, -0.1) is 0 Å². The highest BCUT2D eigenvalue weighted by Gasteiger charge is 2.22. The molecule has 0 aliphatic carbocycles. The van der Waals surface area contributed by atoms with Crippen LogP contribution in [0.15, 0.2) is 18.2 Å². The number of amides is 1. The lowest BCUT2D eigenvalue weighted by Gasteiger charge is -2.30. The molecule has 2 heterocycles. The van der Waals surface area contributed by atoms with Gasteiger partial charge in [0.05, 0.1) is 12.8 Å². The average Bonchev–Trinajstić information content (AvgIpc) is 2.40. The molecule has 1 amide bonds. The number of rotatable bonds is 4. The lowest BCUT2D eigenvalue weighted by atomic mass is 10.1. The molecule has 18 heavy (non-hydrogen) atoms. The van der Waals surface area contributed by atoms with Crippen molar-refractivity contribution in [3.63, 3.8) is 0 Å². The molecule has 0 aromatic carbocycles. The minimum atomic E-state index is 0.229. The highest BCUT2D eigenvalue weighted by atomic mass is 16.5. The van der Waals surface area contributed by atoms with Crippen LogP contribution in [-0.2, 0) is 11.3 Å². The van der Waals surface area contributed by atoms with E-state index < -0.39 is 0 Å². The van der Waals surface area contributed by atoms with Gasteiger partial charge in [-0.1, -0.05) is 6.07 Å². The van der Waals surface area contributed by atoms with Crippen LogP contribution in [0.2, 0.25) is 0 Å². The molecule has 0 saturated carbocycles. The fourth-order valence-corrected chi connectivity index (χ4v) is 2.10. The van der Waals surface area contributed by atoms with Crippen molar-refractivity contribution in [2.45, 2.75) is 25.4 Å². The van der Waals surface area contributed by atoms with Crippen LogP contribution in [0.4, 0.5) is 0 Å². The number of piperidine rings is 1. The number of nitrogens with one attached hydrogen (secondary N) is 1. The van der Waals surface area contributed by atoms with Crippen LogP contribution in [0.1, 0.15) is 18.5 Å². The van der Waals surface area contributed by atoms with Gasteiger partial charge in [-0.25, -0.2) is 4.98 Å². The third kappa shape index (κ3) is 3.20. The summed E-state index contributed by atoms with van der Waals surface area (Å²) in [7, 11) is 3.46. The van der Waals surface area contributed by atoms with Gasteiger partial charge in [-0.05, 0) is 12.5 Å². The van der Waals surface area contributed by atoms with E-state index in [1.165, 1.54) is 0 Å². The second-order valence-electron chi connectivity index (χ2n) is 4.56. The minimum absolute atomic E-state index is 0.229. The van der Waals surface area contributed by atoms with Gasteiger partial charge in [0.25, 0.3) is 0 Å². The lowest BCUT2D eigenvalue weighted by Crippen LogP contribution is -2.46. The van der Waals surface area contributed by atoms with Gasteiger partial charge in [-0.2, -0.15) is 0 Å². The number of likely N-dealkylation sites (tertiary alicyclic amines) is 1. The third-order valence-electron chi connectivity index (χ3n) is 3.19. The number of hydrogen-bond donors (Lipinski definition) is 1. The summed E-state index contributed by atoms with van der Waals surface area (Å²) in [6.07, 6.45) is 1.52. The second-order valence-corrected chi connectivity index (χ2v) is 4.56. The SMILES string of the molecule is COc1cccc(CNC2CCC(=O)N(C)C2)n1. The van der Waals surface area contributed by atoms with E-state index in [2.05, 4.69) is 10.3 Å². The fourth-order valence-electron chi connectivity index (χ4n) is 2.10. The van der Waals surface area contributed by atoms with E-state index in [-0.39, 0.29) is 5.91 Å². The Morgan fingerprint density at radius 3 is 3.11 bits per heavy atom. The number of methoxy groups -OCH3 is 1. The van der Waals surface area contributed by atoms with Crippen molar-refractivity contribution in [1.29, 1.82) is 0 Å². The number of ether oxygens (including phenoxy) is 1. The Balaban J connectivity index is 1.85. The van der Waals surface area contributed by atoms with E-state index in [1.807, 2.05) is 25.2 Å². The quantitative estimate of drug-likeness (QED) is 0.857. The van der Waals surface area contributed by atoms with Crippen molar-refractivity contribution >= 4 is 5.91 Å². The van der Waals surface area contributed by atoms with Crippen molar-refractivity contribution in [2.24, 2.45) is 0 Å². The third-order valence-corrected chi connectivity index (χ3v) is 3.19. The molecule has 5 heteroatoms. The topological polar surface area (TPSA) is 54.5 Å². The molecular weight excluding hydrogens is 230 g/mol. The smallest absolute Gasteiger partial charge is 0.222 e. The van der Waals surface area contributed by atoms with Gasteiger partial charge in [-0.3, -0.25) is 4.79 Å². The van der Waals surface area contributed by atoms with Gasteiger partial charge < -0.3 is 15.0 Å². The molecule has 98 valence electrons. The highest BCUT2D eigenvalue weighted by Crippen LogP contribution is 2.11. The summed E-state index contributed by atoms with van der Waals surface area (Å²) in [5.41, 5.74) is 0.953. The predicted molar refractivity (Wildman–Crippen MR) is 68.3 cm³/mol. The molecule has 1 fully saturated rings. The van der Waals surface area contributed by atoms with E-state index in [9.17, 15) is 4.79 Å². The number of carbonyl (C=O) groups excluding carboxylic acids is 1. The molecule has 0 radical (unpaired) electrons. The van der Waals surface area contributed by atoms with E-state index >= 15 is 0 Å². The number of likely N-dealkylation sites (N-methyl/N-ethyl adjacent to an activating group) is 1. The largest absolute Gasteiger partial charge is 0.481 e. The Kier molecular flexibility index (Phi) is 4.15. The molecule has 1 N–H and O–H groups in total. The Hall–Kier alpha value is -1.62. The summed E-state index contributed by atoms with van der Waals surface area (Å²) in [6, 6.07) is 6.07. The maximum Gasteiger partial charge on any atom is 0.222 e. The van der Waals surface area contributed by atoms with Gasteiger partial charge in [0, 0.05) is 38.7 Å². The molecule has 1 atom stereocenters. The first kappa shape index (κ1) is 12.8. The van der Waals surface area contributed by atoms with Gasteiger partial charge in [0.1, 0.15) is 0 Å². The number of hydrogen-bond acceptors (Lipinski definition) is 4. The van der Waals surface area contributed by atoms with Crippen molar-refractivity contribution in [2.75, 3.05) is 20.7 Å². The van der Waals surface area contributed by atoms with E-state index in [0.717, 1.165) is 18.7 Å². The zero-order chi connectivity index (χ0) is 13.0. The average molecular weight is 249 g/mol. The molecule has 1 aliphatic rings. The Morgan fingerprint density at radius 1 is 1.56 bits per heavy atom. The van der Waals surface area contributed by atoms with Crippen molar-refractivity contribution in [3.8, 4) is 5.88 Å². The first-order valence-corrected chi connectivity index (χ1v) is 6.16. The van der Waals surface area contributed by atoms with Crippen LogP contribution < -0.4 is 10.1 Å². The minimum Gasteiger partial charge on any atom is -0.481 e. The summed E-state index contributed by atoms with van der Waals surface area (Å²) in [6.45, 7) is 1.46. The molecule has 1 aromatic heterocycles. The summed E-state index contributed by atoms with van der Waals surface area (Å²) < 4.78 is 5.09. The Labute approximate surface area is 107 Å². The molecule has 1 unspecified atom stereocenters. The second kappa shape index (κ2) is 5.82. The first-order valence-electron chi connectivity index (χ1n) is 6.16. The number of pyridine rings is 1. The zero-order valence-electron chi connectivity index (χ0n) is 10.8. The maximum atomic E-state index is 11.4. The highest BCUT2D eigenvalue weighted by molar-refractivity contribution is 5.76. The standard InChI is InChI=1S/C13H19N3O2/c1-16-9-11(6-7-13(16)17)14-8-10-4-3-5-12(15-10)18-2/h3-5,11,14H,6-9H2,1-2H3. The van der Waals surface area contributed by atoms with E-state index in [1.54, 1.807) is 12.0 Å². The summed E-state index contributed by atoms with van der Waals surface area (Å²) in [4.78, 5) is 17.5. The molecular formula is C13H19N3O2. The lowest BCUT2D eigenvalue weighted by molar-refractivity contribution is -0.132. The van der Waals surface area contributed by atoms with E-state index in [4.69, 9.17) is 4.74 Å². The predicted octanol–water partition coefficient (Wildman–Crippen LogP) is 0.801. The van der Waals surface area contributed by atoms with Crippen LogP contribution >= 0.6 is 0 Å². The molecule has 1 aromatic rings. The van der Waals surface area contributed by atoms with Crippen molar-refractivity contribution in [3.05, 3.63) is 23.9 Å². The number of carbonyl (C=O) groups is 1. The van der Waals surface area contributed by atoms with Crippen LogP contribution in [0.3, 0.4) is 0 Å². The summed E-state index contributed by atoms with van der Waals surface area (Å²) >= 11 is 0. The van der Waals surface area contributed by atoms with Gasteiger partial charge >= 0.3 is 0 Å². The maximum absolute atomic E-state index is 11.4. The van der Waals surface area contributed by atoms with Crippen LogP contribution in [-0.4, -0.2) is 42.5 Å². The molecule has 2 rings (SSSR count).